The molecule has 1 aromatic heterocycles. The largest absolute Gasteiger partial charge is 0.465 e. The number of thiocarbonyl (C=S) groups is 1. The number of hydrogen-bond donors (Lipinski definition) is 3. The van der Waals surface area contributed by atoms with Gasteiger partial charge in [-0.3, -0.25) is 15.6 Å². The highest BCUT2D eigenvalue weighted by molar-refractivity contribution is 7.80. The number of aryl methyl sites for hydroxylation is 1. The molecule has 6 nitrogen and oxygen atoms in total. The Labute approximate surface area is 164 Å². The van der Waals surface area contributed by atoms with E-state index >= 15 is 0 Å². The minimum atomic E-state index is -0.391. The third kappa shape index (κ3) is 3.98. The van der Waals surface area contributed by atoms with Gasteiger partial charge in [-0.2, -0.15) is 0 Å². The van der Waals surface area contributed by atoms with Crippen LogP contribution in [-0.4, -0.2) is 24.1 Å². The van der Waals surface area contributed by atoms with E-state index in [1.54, 1.807) is 24.3 Å². The number of halogens is 1. The maximum atomic E-state index is 12.1. The van der Waals surface area contributed by atoms with Gasteiger partial charge in [0.1, 0.15) is 5.00 Å². The predicted octanol–water partition coefficient (Wildman–Crippen LogP) is 3.31. The van der Waals surface area contributed by atoms with Crippen LogP contribution in [0.3, 0.4) is 0 Å². The molecule has 136 valence electrons. The van der Waals surface area contributed by atoms with Gasteiger partial charge in [0.2, 0.25) is 0 Å². The lowest BCUT2D eigenvalue weighted by Crippen LogP contribution is -2.43. The number of thiophene rings is 1. The highest BCUT2D eigenvalue weighted by Gasteiger charge is 2.27. The molecule has 0 bridgehead atoms. The van der Waals surface area contributed by atoms with Crippen molar-refractivity contribution in [3.63, 3.8) is 0 Å². The van der Waals surface area contributed by atoms with Crippen LogP contribution in [0.4, 0.5) is 5.00 Å². The number of nitrogens with one attached hydrogen (secondary N) is 3. The van der Waals surface area contributed by atoms with Crippen molar-refractivity contribution in [1.82, 2.24) is 10.9 Å². The number of hydrogen-bond acceptors (Lipinski definition) is 5. The standard InChI is InChI=1S/C17H16ClN3O3S2/c1-24-16(23)13-11-6-3-7-12(11)26-15(13)19-17(25)21-20-14(22)9-4-2-5-10(18)8-9/h2,4-5,8H,3,6-7H2,1H3,(H,20,22)(H2,19,21,25). The van der Waals surface area contributed by atoms with Crippen molar-refractivity contribution in [3.8, 4) is 0 Å². The van der Waals surface area contributed by atoms with Crippen molar-refractivity contribution in [2.45, 2.75) is 19.3 Å². The van der Waals surface area contributed by atoms with E-state index in [0.29, 0.717) is 21.2 Å². The van der Waals surface area contributed by atoms with Gasteiger partial charge in [0, 0.05) is 15.5 Å². The first-order chi connectivity index (χ1) is 12.5. The second-order valence-electron chi connectivity index (χ2n) is 5.60. The normalized spacial score (nSPS) is 12.2. The second-order valence-corrected chi connectivity index (χ2v) is 7.55. The Kier molecular flexibility index (Phi) is 5.75. The van der Waals surface area contributed by atoms with Crippen molar-refractivity contribution in [2.75, 3.05) is 12.4 Å². The monoisotopic (exact) mass is 409 g/mol. The summed E-state index contributed by atoms with van der Waals surface area (Å²) in [5.41, 5.74) is 7.07. The van der Waals surface area contributed by atoms with Crippen molar-refractivity contribution < 1.29 is 14.3 Å². The zero-order chi connectivity index (χ0) is 18.7. The summed E-state index contributed by atoms with van der Waals surface area (Å²) >= 11 is 12.6. The molecule has 9 heteroatoms. The first kappa shape index (κ1) is 18.6. The van der Waals surface area contributed by atoms with Crippen LogP contribution < -0.4 is 16.2 Å². The van der Waals surface area contributed by atoms with Crippen LogP contribution in [0.15, 0.2) is 24.3 Å². The van der Waals surface area contributed by atoms with E-state index in [9.17, 15) is 9.59 Å². The zero-order valence-electron chi connectivity index (χ0n) is 13.8. The van der Waals surface area contributed by atoms with E-state index in [1.807, 2.05) is 0 Å². The molecule has 0 atom stereocenters. The first-order valence-electron chi connectivity index (χ1n) is 7.85. The number of rotatable bonds is 3. The number of amides is 1. The SMILES string of the molecule is COC(=O)c1c(NC(=S)NNC(=O)c2cccc(Cl)c2)sc2c1CCC2. The maximum absolute atomic E-state index is 12.1. The minimum absolute atomic E-state index is 0.172. The molecule has 1 aliphatic rings. The lowest BCUT2D eigenvalue weighted by Gasteiger charge is -2.12. The van der Waals surface area contributed by atoms with Crippen molar-refractivity contribution in [1.29, 1.82) is 0 Å². The van der Waals surface area contributed by atoms with E-state index in [4.69, 9.17) is 28.6 Å². The van der Waals surface area contributed by atoms with Crippen LogP contribution in [0.1, 0.15) is 37.6 Å². The number of esters is 1. The number of carbonyl (C=O) groups excluding carboxylic acids is 2. The second kappa shape index (κ2) is 8.03. The Morgan fingerprint density at radius 2 is 2.08 bits per heavy atom. The fraction of sp³-hybridized carbons (Fsp3) is 0.235. The number of hydrazine groups is 1. The highest BCUT2D eigenvalue weighted by Crippen LogP contribution is 2.39. The van der Waals surface area contributed by atoms with Gasteiger partial charge >= 0.3 is 5.97 Å². The molecule has 1 heterocycles. The topological polar surface area (TPSA) is 79.5 Å². The quantitative estimate of drug-likeness (QED) is 0.410. The Bertz CT molecular complexity index is 882. The average molecular weight is 410 g/mol. The summed E-state index contributed by atoms with van der Waals surface area (Å²) in [5.74, 6) is -0.767. The predicted molar refractivity (Wildman–Crippen MR) is 106 cm³/mol. The van der Waals surface area contributed by atoms with Gasteiger partial charge in [0.15, 0.2) is 5.11 Å². The van der Waals surface area contributed by atoms with E-state index in [1.165, 1.54) is 23.3 Å². The minimum Gasteiger partial charge on any atom is -0.465 e. The summed E-state index contributed by atoms with van der Waals surface area (Å²) in [4.78, 5) is 25.4. The molecule has 26 heavy (non-hydrogen) atoms. The molecular weight excluding hydrogens is 394 g/mol. The summed E-state index contributed by atoms with van der Waals surface area (Å²) < 4.78 is 4.89. The maximum Gasteiger partial charge on any atom is 0.341 e. The number of ether oxygens (including phenoxy) is 1. The Morgan fingerprint density at radius 1 is 1.27 bits per heavy atom. The van der Waals surface area contributed by atoms with Gasteiger partial charge < -0.3 is 10.1 Å². The van der Waals surface area contributed by atoms with Gasteiger partial charge in [-0.15, -0.1) is 11.3 Å². The van der Waals surface area contributed by atoms with Crippen molar-refractivity contribution in [3.05, 3.63) is 50.9 Å². The summed E-state index contributed by atoms with van der Waals surface area (Å²) in [7, 11) is 1.35. The van der Waals surface area contributed by atoms with Gasteiger partial charge in [-0.1, -0.05) is 17.7 Å². The zero-order valence-corrected chi connectivity index (χ0v) is 16.2. The number of carbonyl (C=O) groups is 2. The summed E-state index contributed by atoms with van der Waals surface area (Å²) in [6, 6.07) is 6.55. The number of fused-ring (bicyclic) bond motifs is 1. The molecule has 1 amide bonds. The van der Waals surface area contributed by atoms with E-state index < -0.39 is 5.97 Å². The number of benzene rings is 1. The summed E-state index contributed by atoms with van der Waals surface area (Å²) in [5, 5.41) is 4.23. The Morgan fingerprint density at radius 3 is 2.81 bits per heavy atom. The molecule has 0 saturated carbocycles. The number of methoxy groups -OCH3 is 1. The fourth-order valence-electron chi connectivity index (χ4n) is 2.76. The smallest absolute Gasteiger partial charge is 0.341 e. The third-order valence-corrected chi connectivity index (χ3v) is 5.56. The van der Waals surface area contributed by atoms with Crippen LogP contribution in [-0.2, 0) is 17.6 Å². The molecule has 0 unspecified atom stereocenters. The highest BCUT2D eigenvalue weighted by atomic mass is 35.5. The van der Waals surface area contributed by atoms with E-state index in [2.05, 4.69) is 16.2 Å². The molecule has 0 aliphatic heterocycles. The third-order valence-electron chi connectivity index (χ3n) is 3.91. The molecule has 0 fully saturated rings. The average Bonchev–Trinajstić information content (AvgIpc) is 3.19. The van der Waals surface area contributed by atoms with Crippen molar-refractivity contribution >= 4 is 57.1 Å². The van der Waals surface area contributed by atoms with Crippen LogP contribution >= 0.6 is 35.2 Å². The van der Waals surface area contributed by atoms with Crippen LogP contribution in [0.25, 0.3) is 0 Å². The summed E-state index contributed by atoms with van der Waals surface area (Å²) in [6.07, 6.45) is 2.82. The first-order valence-corrected chi connectivity index (χ1v) is 9.45. The van der Waals surface area contributed by atoms with Gasteiger partial charge in [-0.25, -0.2) is 4.79 Å². The molecule has 3 rings (SSSR count). The van der Waals surface area contributed by atoms with Gasteiger partial charge in [0.05, 0.1) is 12.7 Å². The molecule has 1 aromatic carbocycles. The van der Waals surface area contributed by atoms with Crippen LogP contribution in [0.2, 0.25) is 5.02 Å². The molecule has 1 aliphatic carbocycles. The Hall–Kier alpha value is -2.16. The lowest BCUT2D eigenvalue weighted by molar-refractivity contribution is 0.0601. The fourth-order valence-corrected chi connectivity index (χ4v) is 4.45. The molecule has 0 radical (unpaired) electrons. The van der Waals surface area contributed by atoms with Gasteiger partial charge in [0.25, 0.3) is 5.91 Å². The van der Waals surface area contributed by atoms with E-state index in [0.717, 1.165) is 24.8 Å². The molecule has 0 saturated heterocycles. The van der Waals surface area contributed by atoms with Crippen LogP contribution in [0.5, 0.6) is 0 Å². The number of anilines is 1. The van der Waals surface area contributed by atoms with E-state index in [-0.39, 0.29) is 11.0 Å². The van der Waals surface area contributed by atoms with Gasteiger partial charge in [-0.05, 0) is 55.2 Å². The summed E-state index contributed by atoms with van der Waals surface area (Å²) in [6.45, 7) is 0. The van der Waals surface area contributed by atoms with Crippen LogP contribution in [0, 0.1) is 0 Å². The molecule has 3 N–H and O–H groups in total. The Balaban J connectivity index is 1.65. The molecular formula is C17H16ClN3O3S2. The van der Waals surface area contributed by atoms with Crippen molar-refractivity contribution in [2.24, 2.45) is 0 Å². The molecule has 2 aromatic rings. The lowest BCUT2D eigenvalue weighted by atomic mass is 10.1. The molecule has 0 spiro atoms.